The Morgan fingerprint density at radius 2 is 1.63 bits per heavy atom. The lowest BCUT2D eigenvalue weighted by atomic mass is 10.1. The fourth-order valence-corrected chi connectivity index (χ4v) is 3.26. The molecule has 0 amide bonds. The molecule has 4 rings (SSSR count). The van der Waals surface area contributed by atoms with Gasteiger partial charge in [0.15, 0.2) is 0 Å². The summed E-state index contributed by atoms with van der Waals surface area (Å²) in [6.45, 7) is 6.27. The van der Waals surface area contributed by atoms with Crippen molar-refractivity contribution in [2.45, 2.75) is 6.92 Å². The molecule has 1 aliphatic heterocycles. The van der Waals surface area contributed by atoms with Crippen LogP contribution in [-0.2, 0) is 0 Å². The molecular formula is C24H21N3. The lowest BCUT2D eigenvalue weighted by molar-refractivity contribution is 0.678. The first-order valence-corrected chi connectivity index (χ1v) is 8.97. The van der Waals surface area contributed by atoms with E-state index in [4.69, 9.17) is 0 Å². The monoisotopic (exact) mass is 351 g/mol. The first kappa shape index (κ1) is 16.9. The van der Waals surface area contributed by atoms with Crippen LogP contribution in [0.15, 0.2) is 110 Å². The van der Waals surface area contributed by atoms with Gasteiger partial charge < -0.3 is 4.90 Å². The highest BCUT2D eigenvalue weighted by Gasteiger charge is 2.17. The molecule has 0 saturated heterocycles. The molecule has 132 valence electrons. The van der Waals surface area contributed by atoms with E-state index in [1.807, 2.05) is 47.3 Å². The van der Waals surface area contributed by atoms with Gasteiger partial charge in [-0.05, 0) is 42.8 Å². The van der Waals surface area contributed by atoms with Crippen molar-refractivity contribution in [3.05, 3.63) is 121 Å². The van der Waals surface area contributed by atoms with Crippen LogP contribution in [0.4, 0.5) is 0 Å². The van der Waals surface area contributed by atoms with Gasteiger partial charge >= 0.3 is 0 Å². The standard InChI is InChI=1S/C24H21N3/c1-3-23(20-10-6-4-7-11-20)26-18-21(15-14-19(26)2)24-16-17-25-27(24)22-12-8-5-9-13-22/h3-18H,2H2,1H3/b23-3-. The summed E-state index contributed by atoms with van der Waals surface area (Å²) in [5, 5.41) is 4.52. The number of nitrogens with zero attached hydrogens (tertiary/aromatic N) is 3. The first-order valence-electron chi connectivity index (χ1n) is 8.97. The quantitative estimate of drug-likeness (QED) is 0.605. The summed E-state index contributed by atoms with van der Waals surface area (Å²) in [6, 6.07) is 22.6. The molecule has 3 heteroatoms. The molecule has 0 spiro atoms. The molecule has 0 N–H and O–H groups in total. The topological polar surface area (TPSA) is 21.1 Å². The fourth-order valence-electron chi connectivity index (χ4n) is 3.26. The molecule has 2 aromatic carbocycles. The maximum absolute atomic E-state index is 4.52. The van der Waals surface area contributed by atoms with E-state index in [0.717, 1.165) is 33.9 Å². The molecule has 0 saturated carbocycles. The normalized spacial score (nSPS) is 14.4. The molecule has 0 radical (unpaired) electrons. The van der Waals surface area contributed by atoms with E-state index in [0.29, 0.717) is 0 Å². The second-order valence-corrected chi connectivity index (χ2v) is 6.28. The molecule has 2 heterocycles. The Kier molecular flexibility index (Phi) is 4.58. The Bertz CT molecular complexity index is 1040. The highest BCUT2D eigenvalue weighted by molar-refractivity contribution is 5.78. The minimum absolute atomic E-state index is 0.932. The lowest BCUT2D eigenvalue weighted by Crippen LogP contribution is -2.17. The summed E-state index contributed by atoms with van der Waals surface area (Å²) in [7, 11) is 0. The fraction of sp³-hybridized carbons (Fsp3) is 0.0417. The lowest BCUT2D eigenvalue weighted by Gasteiger charge is -2.28. The maximum Gasteiger partial charge on any atom is 0.0755 e. The van der Waals surface area contributed by atoms with E-state index < -0.39 is 0 Å². The average Bonchev–Trinajstić information content (AvgIpc) is 3.21. The minimum Gasteiger partial charge on any atom is -0.317 e. The molecule has 27 heavy (non-hydrogen) atoms. The van der Waals surface area contributed by atoms with Crippen LogP contribution in [0, 0.1) is 0 Å². The third kappa shape index (κ3) is 3.27. The largest absolute Gasteiger partial charge is 0.317 e. The number of hydrogen-bond donors (Lipinski definition) is 0. The van der Waals surface area contributed by atoms with Gasteiger partial charge in [-0.15, -0.1) is 0 Å². The van der Waals surface area contributed by atoms with E-state index in [1.165, 1.54) is 0 Å². The van der Waals surface area contributed by atoms with Crippen LogP contribution in [0.3, 0.4) is 0 Å². The maximum atomic E-state index is 4.52. The summed E-state index contributed by atoms with van der Waals surface area (Å²) in [5.41, 5.74) is 6.35. The third-order valence-electron chi connectivity index (χ3n) is 4.57. The van der Waals surface area contributed by atoms with Crippen molar-refractivity contribution in [3.8, 4) is 5.69 Å². The predicted octanol–water partition coefficient (Wildman–Crippen LogP) is 5.66. The van der Waals surface area contributed by atoms with Crippen molar-refractivity contribution >= 4 is 11.3 Å². The van der Waals surface area contributed by atoms with Gasteiger partial charge in [0.05, 0.1) is 17.6 Å². The highest BCUT2D eigenvalue weighted by atomic mass is 15.3. The molecule has 1 aromatic heterocycles. The number of aromatic nitrogens is 2. The second kappa shape index (κ2) is 7.34. The summed E-state index contributed by atoms with van der Waals surface area (Å²) in [6.07, 6.45) is 10.2. The molecular weight excluding hydrogens is 330 g/mol. The third-order valence-corrected chi connectivity index (χ3v) is 4.57. The molecule has 0 bridgehead atoms. The number of benzene rings is 2. The first-order chi connectivity index (χ1) is 13.3. The Hall–Kier alpha value is -3.59. The van der Waals surface area contributed by atoms with E-state index in [9.17, 15) is 0 Å². The summed E-state index contributed by atoms with van der Waals surface area (Å²) >= 11 is 0. The van der Waals surface area contributed by atoms with Gasteiger partial charge in [0, 0.05) is 23.2 Å². The van der Waals surface area contributed by atoms with Crippen molar-refractivity contribution in [2.24, 2.45) is 0 Å². The summed E-state index contributed by atoms with van der Waals surface area (Å²) in [4.78, 5) is 2.13. The number of hydrogen-bond acceptors (Lipinski definition) is 2. The van der Waals surface area contributed by atoms with Gasteiger partial charge in [0.1, 0.15) is 0 Å². The Morgan fingerprint density at radius 3 is 2.33 bits per heavy atom. The van der Waals surface area contributed by atoms with Crippen LogP contribution in [0.5, 0.6) is 0 Å². The van der Waals surface area contributed by atoms with Crippen molar-refractivity contribution in [3.63, 3.8) is 0 Å². The van der Waals surface area contributed by atoms with Gasteiger partial charge in [0.2, 0.25) is 0 Å². The van der Waals surface area contributed by atoms with E-state index in [-0.39, 0.29) is 0 Å². The predicted molar refractivity (Wildman–Crippen MR) is 112 cm³/mol. The van der Waals surface area contributed by atoms with Crippen LogP contribution in [0.25, 0.3) is 17.0 Å². The van der Waals surface area contributed by atoms with Gasteiger partial charge in [-0.1, -0.05) is 61.2 Å². The molecule has 0 unspecified atom stereocenters. The second-order valence-electron chi connectivity index (χ2n) is 6.28. The molecule has 1 aliphatic rings. The summed E-state index contributed by atoms with van der Waals surface area (Å²) in [5.74, 6) is 0. The van der Waals surface area contributed by atoms with E-state index >= 15 is 0 Å². The van der Waals surface area contributed by atoms with Gasteiger partial charge in [-0.3, -0.25) is 0 Å². The zero-order valence-corrected chi connectivity index (χ0v) is 15.3. The average molecular weight is 351 g/mol. The van der Waals surface area contributed by atoms with E-state index in [1.54, 1.807) is 0 Å². The summed E-state index contributed by atoms with van der Waals surface area (Å²) < 4.78 is 1.96. The minimum atomic E-state index is 0.932. The van der Waals surface area contributed by atoms with Gasteiger partial charge in [0.25, 0.3) is 0 Å². The molecule has 0 fully saturated rings. The van der Waals surface area contributed by atoms with Crippen LogP contribution in [0.1, 0.15) is 18.2 Å². The smallest absolute Gasteiger partial charge is 0.0755 e. The number of rotatable bonds is 4. The van der Waals surface area contributed by atoms with Crippen LogP contribution >= 0.6 is 0 Å². The number of allylic oxidation sites excluding steroid dienone is 4. The molecule has 3 nitrogen and oxygen atoms in total. The van der Waals surface area contributed by atoms with Crippen LogP contribution in [0.2, 0.25) is 0 Å². The van der Waals surface area contributed by atoms with Crippen molar-refractivity contribution in [1.82, 2.24) is 14.7 Å². The number of para-hydroxylation sites is 1. The van der Waals surface area contributed by atoms with Crippen molar-refractivity contribution in [1.29, 1.82) is 0 Å². The Morgan fingerprint density at radius 1 is 0.926 bits per heavy atom. The van der Waals surface area contributed by atoms with E-state index in [2.05, 4.69) is 78.3 Å². The highest BCUT2D eigenvalue weighted by Crippen LogP contribution is 2.31. The van der Waals surface area contributed by atoms with Crippen LogP contribution in [-0.4, -0.2) is 14.7 Å². The Labute approximate surface area is 159 Å². The van der Waals surface area contributed by atoms with Crippen molar-refractivity contribution < 1.29 is 0 Å². The molecule has 3 aromatic rings. The van der Waals surface area contributed by atoms with Gasteiger partial charge in [-0.2, -0.15) is 5.10 Å². The zero-order valence-electron chi connectivity index (χ0n) is 15.3. The zero-order chi connectivity index (χ0) is 18.6. The SMILES string of the molecule is C=C1C=CC(c2ccnn2-c2ccccc2)=CN1/C(=C\C)c1ccccc1. The molecule has 0 atom stereocenters. The van der Waals surface area contributed by atoms with Gasteiger partial charge in [-0.25, -0.2) is 4.68 Å². The van der Waals surface area contributed by atoms with Crippen LogP contribution < -0.4 is 0 Å². The Balaban J connectivity index is 1.75. The molecule has 0 aliphatic carbocycles. The van der Waals surface area contributed by atoms with Crippen molar-refractivity contribution in [2.75, 3.05) is 0 Å².